The molecule has 1 aliphatic rings. The highest BCUT2D eigenvalue weighted by atomic mass is 32.1. The average molecular weight is 355 g/mol. The first-order chi connectivity index (χ1) is 11.6. The summed E-state index contributed by atoms with van der Waals surface area (Å²) in [6.07, 6.45) is 0. The Balaban J connectivity index is 1.69. The molecule has 1 aromatic carbocycles. The lowest BCUT2D eigenvalue weighted by atomic mass is 10.3. The third-order valence-corrected chi connectivity index (χ3v) is 4.28. The van der Waals surface area contributed by atoms with E-state index in [1.165, 1.54) is 17.0 Å². The van der Waals surface area contributed by atoms with Gasteiger partial charge >= 0.3 is 0 Å². The van der Waals surface area contributed by atoms with Crippen molar-refractivity contribution in [2.24, 2.45) is 0 Å². The van der Waals surface area contributed by atoms with Crippen molar-refractivity contribution in [1.82, 2.24) is 10.2 Å². The van der Waals surface area contributed by atoms with E-state index in [4.69, 9.17) is 17.0 Å². The van der Waals surface area contributed by atoms with Crippen LogP contribution >= 0.6 is 12.2 Å². The minimum Gasteiger partial charge on any atom is -0.383 e. The molecule has 8 heteroatoms. The molecule has 6 nitrogen and oxygen atoms in total. The zero-order chi connectivity index (χ0) is 17.4. The topological polar surface area (TPSA) is 58.0 Å². The van der Waals surface area contributed by atoms with E-state index in [1.807, 2.05) is 0 Å². The number of hydrogen-bond donors (Lipinski definition) is 3. The Kier molecular flexibility index (Phi) is 7.36. The van der Waals surface area contributed by atoms with Gasteiger partial charge in [0.25, 0.3) is 5.91 Å². The number of benzene rings is 1. The van der Waals surface area contributed by atoms with Crippen LogP contribution in [-0.2, 0) is 9.53 Å². The summed E-state index contributed by atoms with van der Waals surface area (Å²) in [4.78, 5) is 15.4. The van der Waals surface area contributed by atoms with Gasteiger partial charge in [0, 0.05) is 19.3 Å². The van der Waals surface area contributed by atoms with Crippen LogP contribution in [0, 0.1) is 5.82 Å². The van der Waals surface area contributed by atoms with Crippen LogP contribution in [0.2, 0.25) is 0 Å². The molecule has 0 aliphatic carbocycles. The highest BCUT2D eigenvalue weighted by Crippen LogP contribution is 2.07. The highest BCUT2D eigenvalue weighted by molar-refractivity contribution is 7.80. The van der Waals surface area contributed by atoms with E-state index in [-0.39, 0.29) is 11.7 Å². The number of halogens is 1. The summed E-state index contributed by atoms with van der Waals surface area (Å²) in [5.74, 6) is -0.379. The molecule has 3 N–H and O–H groups in total. The number of ether oxygens (including phenoxy) is 1. The van der Waals surface area contributed by atoms with Gasteiger partial charge in [-0.2, -0.15) is 0 Å². The monoisotopic (exact) mass is 355 g/mol. The first-order valence-corrected chi connectivity index (χ1v) is 8.40. The molecule has 1 fully saturated rings. The summed E-state index contributed by atoms with van der Waals surface area (Å²) in [7, 11) is 1.66. The maximum absolute atomic E-state index is 12.9. The van der Waals surface area contributed by atoms with Gasteiger partial charge in [-0.05, 0) is 36.5 Å². The maximum atomic E-state index is 12.9. The van der Waals surface area contributed by atoms with Crippen molar-refractivity contribution in [1.29, 1.82) is 0 Å². The van der Waals surface area contributed by atoms with Gasteiger partial charge in [-0.25, -0.2) is 4.39 Å². The van der Waals surface area contributed by atoms with Crippen molar-refractivity contribution in [2.75, 3.05) is 58.3 Å². The van der Waals surface area contributed by atoms with Crippen molar-refractivity contribution in [3.63, 3.8) is 0 Å². The molecule has 1 amide bonds. The van der Waals surface area contributed by atoms with E-state index >= 15 is 0 Å². The van der Waals surface area contributed by atoms with Gasteiger partial charge in [-0.3, -0.25) is 4.79 Å². The van der Waals surface area contributed by atoms with E-state index in [2.05, 4.69) is 15.5 Å². The number of nitrogens with one attached hydrogen (secondary N) is 3. The standard InChI is InChI=1S/C16H23FN4O2S/c1-23-11-6-18-16(24)21-9-7-20(8-10-21)12-15(22)19-14-4-2-13(17)3-5-14/h2-5H,6-12H2,1H3,(H,18,24)(H,19,22)/p+1. The van der Waals surface area contributed by atoms with Crippen LogP contribution in [0.4, 0.5) is 10.1 Å². The number of piperazine rings is 1. The molecular weight excluding hydrogens is 331 g/mol. The van der Waals surface area contributed by atoms with Gasteiger partial charge in [-0.15, -0.1) is 0 Å². The lowest BCUT2D eigenvalue weighted by molar-refractivity contribution is -0.895. The van der Waals surface area contributed by atoms with Crippen molar-refractivity contribution in [3.05, 3.63) is 30.1 Å². The number of nitrogens with zero attached hydrogens (tertiary/aromatic N) is 1. The van der Waals surface area contributed by atoms with Crippen LogP contribution in [-0.4, -0.2) is 68.9 Å². The fourth-order valence-electron chi connectivity index (χ4n) is 2.54. The van der Waals surface area contributed by atoms with E-state index in [0.717, 1.165) is 31.3 Å². The molecule has 0 saturated carbocycles. The predicted octanol–water partition coefficient (Wildman–Crippen LogP) is -0.514. The summed E-state index contributed by atoms with van der Waals surface area (Å²) in [5.41, 5.74) is 0.614. The number of anilines is 1. The van der Waals surface area contributed by atoms with E-state index in [9.17, 15) is 9.18 Å². The molecule has 0 atom stereocenters. The maximum Gasteiger partial charge on any atom is 0.279 e. The number of carbonyl (C=O) groups is 1. The second kappa shape index (κ2) is 9.51. The number of carbonyl (C=O) groups excluding carboxylic acids is 1. The van der Waals surface area contributed by atoms with Crippen molar-refractivity contribution < 1.29 is 18.8 Å². The Morgan fingerprint density at radius 2 is 2.00 bits per heavy atom. The minimum absolute atomic E-state index is 0.0640. The first-order valence-electron chi connectivity index (χ1n) is 7.99. The fraction of sp³-hybridized carbons (Fsp3) is 0.500. The van der Waals surface area contributed by atoms with E-state index < -0.39 is 0 Å². The Bertz CT molecular complexity index is 548. The molecule has 1 heterocycles. The molecular formula is C16H24FN4O2S+. The zero-order valence-electron chi connectivity index (χ0n) is 13.8. The molecule has 1 saturated heterocycles. The molecule has 0 radical (unpaired) electrons. The summed E-state index contributed by atoms with van der Waals surface area (Å²) >= 11 is 5.35. The molecule has 0 aromatic heterocycles. The normalized spacial score (nSPS) is 15.2. The van der Waals surface area contributed by atoms with Crippen LogP contribution in [0.5, 0.6) is 0 Å². The lowest BCUT2D eigenvalue weighted by Gasteiger charge is -2.33. The van der Waals surface area contributed by atoms with Crippen LogP contribution in [0.25, 0.3) is 0 Å². The van der Waals surface area contributed by atoms with Crippen LogP contribution in [0.15, 0.2) is 24.3 Å². The quantitative estimate of drug-likeness (QED) is 0.474. The smallest absolute Gasteiger partial charge is 0.279 e. The number of rotatable bonds is 6. The molecule has 132 valence electrons. The van der Waals surface area contributed by atoms with E-state index in [1.54, 1.807) is 19.2 Å². The Morgan fingerprint density at radius 1 is 1.33 bits per heavy atom. The Morgan fingerprint density at radius 3 is 2.62 bits per heavy atom. The van der Waals surface area contributed by atoms with Crippen molar-refractivity contribution >= 4 is 28.9 Å². The largest absolute Gasteiger partial charge is 0.383 e. The van der Waals surface area contributed by atoms with Crippen molar-refractivity contribution in [3.8, 4) is 0 Å². The Hall–Kier alpha value is -1.77. The van der Waals surface area contributed by atoms with Gasteiger partial charge in [0.05, 0.1) is 32.8 Å². The molecule has 2 rings (SSSR count). The zero-order valence-corrected chi connectivity index (χ0v) is 14.6. The molecule has 0 bridgehead atoms. The summed E-state index contributed by atoms with van der Waals surface area (Å²) < 4.78 is 17.8. The predicted molar refractivity (Wildman–Crippen MR) is 94.6 cm³/mol. The third-order valence-electron chi connectivity index (χ3n) is 3.88. The third kappa shape index (κ3) is 6.03. The second-order valence-corrected chi connectivity index (χ2v) is 6.08. The van der Waals surface area contributed by atoms with E-state index in [0.29, 0.717) is 25.4 Å². The molecule has 24 heavy (non-hydrogen) atoms. The highest BCUT2D eigenvalue weighted by Gasteiger charge is 2.23. The lowest BCUT2D eigenvalue weighted by Crippen LogP contribution is -3.15. The molecule has 1 aliphatic heterocycles. The summed E-state index contributed by atoms with van der Waals surface area (Å²) in [5, 5.41) is 6.69. The SMILES string of the molecule is COCCNC(=S)N1CC[NH+](CC(=O)Nc2ccc(F)cc2)CC1. The molecule has 0 unspecified atom stereocenters. The van der Waals surface area contributed by atoms with Crippen molar-refractivity contribution in [2.45, 2.75) is 0 Å². The summed E-state index contributed by atoms with van der Waals surface area (Å²) in [6.45, 7) is 5.05. The van der Waals surface area contributed by atoms with Gasteiger partial charge in [0.1, 0.15) is 5.82 Å². The number of thiocarbonyl (C=S) groups is 1. The fourth-order valence-corrected chi connectivity index (χ4v) is 2.82. The number of methoxy groups -OCH3 is 1. The summed E-state index contributed by atoms with van der Waals surface area (Å²) in [6, 6.07) is 5.78. The number of hydrogen-bond acceptors (Lipinski definition) is 3. The van der Waals surface area contributed by atoms with Gasteiger partial charge in [-0.1, -0.05) is 0 Å². The van der Waals surface area contributed by atoms with Gasteiger partial charge < -0.3 is 25.2 Å². The average Bonchev–Trinajstić information content (AvgIpc) is 2.58. The molecule has 1 aromatic rings. The Labute approximate surface area is 146 Å². The second-order valence-electron chi connectivity index (χ2n) is 5.69. The van der Waals surface area contributed by atoms with Gasteiger partial charge in [0.15, 0.2) is 11.7 Å². The minimum atomic E-state index is -0.315. The number of amides is 1. The van der Waals surface area contributed by atoms with Crippen LogP contribution in [0.3, 0.4) is 0 Å². The number of quaternary nitrogens is 1. The van der Waals surface area contributed by atoms with Crippen LogP contribution in [0.1, 0.15) is 0 Å². The molecule has 0 spiro atoms. The van der Waals surface area contributed by atoms with Crippen LogP contribution < -0.4 is 15.5 Å². The van der Waals surface area contributed by atoms with Gasteiger partial charge in [0.2, 0.25) is 0 Å². The first kappa shape index (κ1) is 18.6.